The van der Waals surface area contributed by atoms with Crippen LogP contribution in [0.25, 0.3) is 0 Å². The maximum Gasteiger partial charge on any atom is 0.237 e. The van der Waals surface area contributed by atoms with E-state index in [0.717, 1.165) is 25.9 Å². The van der Waals surface area contributed by atoms with Gasteiger partial charge in [-0.2, -0.15) is 0 Å². The van der Waals surface area contributed by atoms with E-state index in [1.54, 1.807) is 12.1 Å². The Morgan fingerprint density at radius 1 is 1.30 bits per heavy atom. The lowest BCUT2D eigenvalue weighted by Gasteiger charge is -2.27. The van der Waals surface area contributed by atoms with Crippen molar-refractivity contribution in [2.24, 2.45) is 5.92 Å². The van der Waals surface area contributed by atoms with Crippen molar-refractivity contribution in [2.45, 2.75) is 44.8 Å². The summed E-state index contributed by atoms with van der Waals surface area (Å²) in [6.45, 7) is 4.45. The van der Waals surface area contributed by atoms with Gasteiger partial charge in [0.1, 0.15) is 17.7 Å². The molecular formula is C18H25FN2O2. The van der Waals surface area contributed by atoms with E-state index < -0.39 is 0 Å². The third kappa shape index (κ3) is 4.44. The highest BCUT2D eigenvalue weighted by Crippen LogP contribution is 2.36. The first-order valence-electron chi connectivity index (χ1n) is 8.57. The van der Waals surface area contributed by atoms with Crippen molar-refractivity contribution in [1.29, 1.82) is 0 Å². The molecule has 0 spiro atoms. The second kappa shape index (κ2) is 7.30. The number of hydrogen-bond acceptors (Lipinski definition) is 3. The Morgan fingerprint density at radius 3 is 2.57 bits per heavy atom. The zero-order chi connectivity index (χ0) is 16.2. The van der Waals surface area contributed by atoms with Gasteiger partial charge in [0.15, 0.2) is 0 Å². The zero-order valence-electron chi connectivity index (χ0n) is 13.6. The fourth-order valence-electron chi connectivity index (χ4n) is 3.25. The minimum atomic E-state index is -0.281. The second-order valence-electron chi connectivity index (χ2n) is 6.65. The Kier molecular flexibility index (Phi) is 5.16. The summed E-state index contributed by atoms with van der Waals surface area (Å²) < 4.78 is 18.6. The molecule has 1 aliphatic heterocycles. The maximum atomic E-state index is 12.9. The van der Waals surface area contributed by atoms with Gasteiger partial charge < -0.3 is 10.1 Å². The lowest BCUT2D eigenvalue weighted by molar-refractivity contribution is -0.127. The first-order chi connectivity index (χ1) is 11.1. The number of ether oxygens (including phenoxy) is 1. The van der Waals surface area contributed by atoms with Crippen LogP contribution in [0.4, 0.5) is 4.39 Å². The van der Waals surface area contributed by atoms with Crippen molar-refractivity contribution in [1.82, 2.24) is 10.2 Å². The minimum absolute atomic E-state index is 0.0375. The number of nitrogens with one attached hydrogen (secondary N) is 1. The zero-order valence-corrected chi connectivity index (χ0v) is 13.6. The molecule has 1 aliphatic carbocycles. The predicted molar refractivity (Wildman–Crippen MR) is 86.8 cm³/mol. The van der Waals surface area contributed by atoms with Crippen LogP contribution >= 0.6 is 0 Å². The first-order valence-corrected chi connectivity index (χ1v) is 8.57. The van der Waals surface area contributed by atoms with Crippen molar-refractivity contribution < 1.29 is 13.9 Å². The molecule has 1 saturated carbocycles. The molecule has 0 unspecified atom stereocenters. The molecule has 5 heteroatoms. The number of halogens is 1. The summed E-state index contributed by atoms with van der Waals surface area (Å²) in [5, 5.41) is 3.03. The fraction of sp³-hybridized carbons (Fsp3) is 0.611. The lowest BCUT2D eigenvalue weighted by atomic mass is 10.1. The van der Waals surface area contributed by atoms with E-state index in [9.17, 15) is 9.18 Å². The van der Waals surface area contributed by atoms with Crippen LogP contribution in [-0.4, -0.2) is 42.6 Å². The largest absolute Gasteiger partial charge is 0.489 e. The smallest absolute Gasteiger partial charge is 0.237 e. The molecule has 0 aromatic heterocycles. The average molecular weight is 320 g/mol. The molecule has 3 rings (SSSR count). The van der Waals surface area contributed by atoms with Crippen LogP contribution < -0.4 is 10.1 Å². The third-order valence-corrected chi connectivity index (χ3v) is 4.59. The summed E-state index contributed by atoms with van der Waals surface area (Å²) in [5.41, 5.74) is 0. The summed E-state index contributed by atoms with van der Waals surface area (Å²) in [7, 11) is 0. The topological polar surface area (TPSA) is 41.6 Å². The van der Waals surface area contributed by atoms with Crippen LogP contribution in [0.3, 0.4) is 0 Å². The van der Waals surface area contributed by atoms with Crippen molar-refractivity contribution in [3.05, 3.63) is 30.1 Å². The predicted octanol–water partition coefficient (Wildman–Crippen LogP) is 2.58. The van der Waals surface area contributed by atoms with E-state index in [2.05, 4.69) is 10.2 Å². The highest BCUT2D eigenvalue weighted by molar-refractivity contribution is 5.82. The number of rotatable bonds is 7. The van der Waals surface area contributed by atoms with Gasteiger partial charge in [-0.25, -0.2) is 4.39 Å². The van der Waals surface area contributed by atoms with E-state index in [1.165, 1.54) is 25.0 Å². The average Bonchev–Trinajstić information content (AvgIpc) is 3.22. The van der Waals surface area contributed by atoms with Gasteiger partial charge in [0.25, 0.3) is 0 Å². The molecule has 0 bridgehead atoms. The summed E-state index contributed by atoms with van der Waals surface area (Å²) in [6, 6.07) is 5.99. The van der Waals surface area contributed by atoms with Crippen LogP contribution in [0.15, 0.2) is 24.3 Å². The molecule has 23 heavy (non-hydrogen) atoms. The van der Waals surface area contributed by atoms with Crippen LogP contribution in [0.1, 0.15) is 32.6 Å². The normalized spacial score (nSPS) is 21.0. The van der Waals surface area contributed by atoms with E-state index in [4.69, 9.17) is 4.74 Å². The van der Waals surface area contributed by atoms with Gasteiger partial charge in [0.05, 0.1) is 12.6 Å². The van der Waals surface area contributed by atoms with E-state index >= 15 is 0 Å². The Bertz CT molecular complexity index is 524. The fourth-order valence-corrected chi connectivity index (χ4v) is 3.25. The molecule has 1 heterocycles. The van der Waals surface area contributed by atoms with E-state index in [1.807, 2.05) is 6.92 Å². The molecular weight excluding hydrogens is 295 g/mol. The van der Waals surface area contributed by atoms with Gasteiger partial charge in [-0.05, 0) is 75.9 Å². The molecule has 1 aromatic rings. The summed E-state index contributed by atoms with van der Waals surface area (Å²) in [5.74, 6) is 0.994. The van der Waals surface area contributed by atoms with Gasteiger partial charge in [-0.15, -0.1) is 0 Å². The molecule has 2 aliphatic rings. The lowest BCUT2D eigenvalue weighted by Crippen LogP contribution is -2.49. The Hall–Kier alpha value is -1.62. The standard InChI is InChI=1S/C18H25FN2O2/c1-13(23-16-8-6-15(19)7-9-16)12-20-18(22)17(14-4-5-14)21-10-2-3-11-21/h6-9,13-14,17H,2-5,10-12H2,1H3,(H,20,22)/t13-,17-/m0/s1. The van der Waals surface area contributed by atoms with Gasteiger partial charge in [0, 0.05) is 0 Å². The van der Waals surface area contributed by atoms with Gasteiger partial charge >= 0.3 is 0 Å². The number of hydrogen-bond donors (Lipinski definition) is 1. The highest BCUT2D eigenvalue weighted by Gasteiger charge is 2.40. The van der Waals surface area contributed by atoms with Gasteiger partial charge in [-0.1, -0.05) is 0 Å². The Labute approximate surface area is 137 Å². The highest BCUT2D eigenvalue weighted by atomic mass is 19.1. The van der Waals surface area contributed by atoms with Crippen LogP contribution in [0.2, 0.25) is 0 Å². The monoisotopic (exact) mass is 320 g/mol. The van der Waals surface area contributed by atoms with Crippen molar-refractivity contribution in [3.8, 4) is 5.75 Å². The van der Waals surface area contributed by atoms with E-state index in [0.29, 0.717) is 18.2 Å². The molecule has 4 nitrogen and oxygen atoms in total. The van der Waals surface area contributed by atoms with Crippen LogP contribution in [0, 0.1) is 11.7 Å². The molecule has 1 aromatic carbocycles. The second-order valence-corrected chi connectivity index (χ2v) is 6.65. The van der Waals surface area contributed by atoms with Crippen molar-refractivity contribution >= 4 is 5.91 Å². The molecule has 2 fully saturated rings. The SMILES string of the molecule is C[C@@H](CNC(=O)[C@H](C1CC1)N1CCCC1)Oc1ccc(F)cc1. The van der Waals surface area contributed by atoms with Crippen LogP contribution in [-0.2, 0) is 4.79 Å². The third-order valence-electron chi connectivity index (χ3n) is 4.59. The minimum Gasteiger partial charge on any atom is -0.489 e. The number of amides is 1. The number of carbonyl (C=O) groups excluding carboxylic acids is 1. The molecule has 0 radical (unpaired) electrons. The first kappa shape index (κ1) is 16.2. The Morgan fingerprint density at radius 2 is 1.96 bits per heavy atom. The quantitative estimate of drug-likeness (QED) is 0.839. The molecule has 2 atom stereocenters. The summed E-state index contributed by atoms with van der Waals surface area (Å²) in [6.07, 6.45) is 4.57. The number of likely N-dealkylation sites (tertiary alicyclic amines) is 1. The Balaban J connectivity index is 1.48. The van der Waals surface area contributed by atoms with Crippen LogP contribution in [0.5, 0.6) is 5.75 Å². The molecule has 1 saturated heterocycles. The van der Waals surface area contributed by atoms with Crippen molar-refractivity contribution in [2.75, 3.05) is 19.6 Å². The number of carbonyl (C=O) groups is 1. The maximum absolute atomic E-state index is 12.9. The molecule has 1 amide bonds. The summed E-state index contributed by atoms with van der Waals surface area (Å²) >= 11 is 0. The molecule has 126 valence electrons. The van der Waals surface area contributed by atoms with Gasteiger partial charge in [0.2, 0.25) is 5.91 Å². The van der Waals surface area contributed by atoms with Crippen molar-refractivity contribution in [3.63, 3.8) is 0 Å². The summed E-state index contributed by atoms with van der Waals surface area (Å²) in [4.78, 5) is 14.9. The van der Waals surface area contributed by atoms with E-state index in [-0.39, 0.29) is 23.9 Å². The molecule has 1 N–H and O–H groups in total. The number of nitrogens with zero attached hydrogens (tertiary/aromatic N) is 1. The number of benzene rings is 1. The van der Waals surface area contributed by atoms with Gasteiger partial charge in [-0.3, -0.25) is 9.69 Å².